The zero-order valence-electron chi connectivity index (χ0n) is 11.7. The molecule has 20 heavy (non-hydrogen) atoms. The van der Waals surface area contributed by atoms with E-state index in [1.807, 2.05) is 12.4 Å². The number of hydrogen-bond donors (Lipinski definition) is 1. The van der Waals surface area contributed by atoms with Crippen molar-refractivity contribution in [3.8, 4) is 0 Å². The van der Waals surface area contributed by atoms with Crippen LogP contribution in [0.4, 0.5) is 5.13 Å². The van der Waals surface area contributed by atoms with Crippen molar-refractivity contribution >= 4 is 22.4 Å². The number of aryl methyl sites for hydroxylation is 2. The van der Waals surface area contributed by atoms with Crippen molar-refractivity contribution in [2.24, 2.45) is 0 Å². The number of hydrogen-bond acceptors (Lipinski definition) is 4. The summed E-state index contributed by atoms with van der Waals surface area (Å²) in [7, 11) is 2.00. The van der Waals surface area contributed by atoms with Crippen LogP contribution < -0.4 is 4.90 Å². The van der Waals surface area contributed by atoms with Crippen LogP contribution in [-0.2, 0) is 17.8 Å². The first-order valence-corrected chi connectivity index (χ1v) is 7.35. The number of thiazole rings is 1. The zero-order chi connectivity index (χ0) is 14.5. The van der Waals surface area contributed by atoms with E-state index < -0.39 is 5.97 Å². The van der Waals surface area contributed by atoms with Gasteiger partial charge in [-0.05, 0) is 12.5 Å². The lowest BCUT2D eigenvalue weighted by Crippen LogP contribution is -2.16. The van der Waals surface area contributed by atoms with Gasteiger partial charge in [-0.2, -0.15) is 0 Å². The number of carboxylic acid groups (broad SMARTS) is 1. The van der Waals surface area contributed by atoms with Gasteiger partial charge in [0.1, 0.15) is 0 Å². The number of carboxylic acids is 1. The van der Waals surface area contributed by atoms with Gasteiger partial charge in [-0.25, -0.2) is 4.98 Å². The Balaban J connectivity index is 1.96. The van der Waals surface area contributed by atoms with Gasteiger partial charge in [-0.15, -0.1) is 11.3 Å². The summed E-state index contributed by atoms with van der Waals surface area (Å²) in [5.41, 5.74) is 3.34. The van der Waals surface area contributed by atoms with E-state index in [1.54, 1.807) is 11.3 Å². The van der Waals surface area contributed by atoms with E-state index in [1.165, 1.54) is 11.1 Å². The van der Waals surface area contributed by atoms with Gasteiger partial charge < -0.3 is 10.0 Å². The molecular formula is C15H18N2O2S. The van der Waals surface area contributed by atoms with Crippen molar-refractivity contribution in [3.63, 3.8) is 0 Å². The number of aromatic nitrogens is 1. The molecule has 4 nitrogen and oxygen atoms in total. The third-order valence-corrected chi connectivity index (χ3v) is 4.01. The van der Waals surface area contributed by atoms with E-state index >= 15 is 0 Å². The molecule has 1 aromatic carbocycles. The van der Waals surface area contributed by atoms with Gasteiger partial charge in [0.05, 0.1) is 12.1 Å². The van der Waals surface area contributed by atoms with E-state index in [0.717, 1.165) is 17.4 Å². The SMILES string of the molecule is Cc1ccc(CN(C)c2nc(CCC(=O)O)cs2)cc1. The fourth-order valence-corrected chi connectivity index (χ4v) is 2.68. The zero-order valence-corrected chi connectivity index (χ0v) is 12.5. The summed E-state index contributed by atoms with van der Waals surface area (Å²) < 4.78 is 0. The van der Waals surface area contributed by atoms with Crippen molar-refractivity contribution in [2.45, 2.75) is 26.3 Å². The molecule has 0 saturated carbocycles. The third kappa shape index (κ3) is 4.06. The summed E-state index contributed by atoms with van der Waals surface area (Å²) >= 11 is 1.55. The van der Waals surface area contributed by atoms with Crippen molar-refractivity contribution < 1.29 is 9.90 Å². The molecule has 1 aromatic heterocycles. The van der Waals surface area contributed by atoms with Gasteiger partial charge in [-0.3, -0.25) is 4.79 Å². The Morgan fingerprint density at radius 2 is 2.05 bits per heavy atom. The maximum absolute atomic E-state index is 10.5. The van der Waals surface area contributed by atoms with Gasteiger partial charge in [0.2, 0.25) is 0 Å². The average molecular weight is 290 g/mol. The molecule has 0 unspecified atom stereocenters. The average Bonchev–Trinajstić information content (AvgIpc) is 2.88. The molecule has 0 aliphatic carbocycles. The van der Waals surface area contributed by atoms with Crippen molar-refractivity contribution in [2.75, 3.05) is 11.9 Å². The molecule has 0 spiro atoms. The Morgan fingerprint density at radius 3 is 2.70 bits per heavy atom. The second-order valence-corrected chi connectivity index (χ2v) is 5.69. The van der Waals surface area contributed by atoms with Crippen LogP contribution in [0.2, 0.25) is 0 Å². The molecule has 0 atom stereocenters. The Bertz CT molecular complexity index is 578. The van der Waals surface area contributed by atoms with E-state index in [2.05, 4.69) is 41.1 Å². The molecule has 0 bridgehead atoms. The maximum atomic E-state index is 10.5. The lowest BCUT2D eigenvalue weighted by atomic mass is 10.1. The summed E-state index contributed by atoms with van der Waals surface area (Å²) in [6.45, 7) is 2.87. The van der Waals surface area contributed by atoms with Gasteiger partial charge >= 0.3 is 5.97 Å². The quantitative estimate of drug-likeness (QED) is 0.888. The van der Waals surface area contributed by atoms with Crippen LogP contribution in [0.3, 0.4) is 0 Å². The number of nitrogens with zero attached hydrogens (tertiary/aromatic N) is 2. The number of anilines is 1. The summed E-state index contributed by atoms with van der Waals surface area (Å²) in [6.07, 6.45) is 0.620. The highest BCUT2D eigenvalue weighted by Gasteiger charge is 2.09. The second kappa shape index (κ2) is 6.52. The van der Waals surface area contributed by atoms with Crippen molar-refractivity contribution in [1.82, 2.24) is 4.98 Å². The molecule has 2 aromatic rings. The van der Waals surface area contributed by atoms with Crippen LogP contribution in [-0.4, -0.2) is 23.1 Å². The summed E-state index contributed by atoms with van der Waals surface area (Å²) in [5, 5.41) is 11.5. The highest BCUT2D eigenvalue weighted by molar-refractivity contribution is 7.13. The molecule has 5 heteroatoms. The molecule has 0 saturated heterocycles. The Kier molecular flexibility index (Phi) is 4.74. The van der Waals surface area contributed by atoms with Crippen LogP contribution >= 0.6 is 11.3 Å². The van der Waals surface area contributed by atoms with E-state index in [9.17, 15) is 4.79 Å². The molecule has 1 N–H and O–H groups in total. The molecule has 106 valence electrons. The fourth-order valence-electron chi connectivity index (χ4n) is 1.86. The van der Waals surface area contributed by atoms with Gasteiger partial charge in [-0.1, -0.05) is 29.8 Å². The number of benzene rings is 1. The molecule has 1 heterocycles. The Morgan fingerprint density at radius 1 is 1.35 bits per heavy atom. The minimum absolute atomic E-state index is 0.130. The third-order valence-electron chi connectivity index (χ3n) is 3.00. The van der Waals surface area contributed by atoms with Gasteiger partial charge in [0, 0.05) is 25.4 Å². The molecule has 0 fully saturated rings. The number of rotatable bonds is 6. The van der Waals surface area contributed by atoms with Crippen LogP contribution in [0.25, 0.3) is 0 Å². The highest BCUT2D eigenvalue weighted by Crippen LogP contribution is 2.21. The van der Waals surface area contributed by atoms with Crippen molar-refractivity contribution in [3.05, 3.63) is 46.5 Å². The molecule has 0 amide bonds. The van der Waals surface area contributed by atoms with Crippen LogP contribution in [0.5, 0.6) is 0 Å². The molecule has 2 rings (SSSR count). The molecular weight excluding hydrogens is 272 g/mol. The van der Waals surface area contributed by atoms with E-state index in [0.29, 0.717) is 6.42 Å². The molecule has 0 aliphatic heterocycles. The largest absolute Gasteiger partial charge is 0.481 e. The van der Waals surface area contributed by atoms with Crippen LogP contribution in [0.15, 0.2) is 29.6 Å². The van der Waals surface area contributed by atoms with E-state index in [4.69, 9.17) is 5.11 Å². The van der Waals surface area contributed by atoms with Crippen LogP contribution in [0, 0.1) is 6.92 Å². The second-order valence-electron chi connectivity index (χ2n) is 4.86. The first-order valence-electron chi connectivity index (χ1n) is 6.47. The normalized spacial score (nSPS) is 10.5. The van der Waals surface area contributed by atoms with Gasteiger partial charge in [0.25, 0.3) is 0 Å². The number of aliphatic carboxylic acids is 1. The summed E-state index contributed by atoms with van der Waals surface area (Å²) in [4.78, 5) is 17.1. The molecule has 0 radical (unpaired) electrons. The predicted octanol–water partition coefficient (Wildman–Crippen LogP) is 3.11. The van der Waals surface area contributed by atoms with E-state index in [-0.39, 0.29) is 6.42 Å². The summed E-state index contributed by atoms with van der Waals surface area (Å²) in [6, 6.07) is 8.43. The lowest BCUT2D eigenvalue weighted by Gasteiger charge is -2.15. The Labute approximate surface area is 122 Å². The monoisotopic (exact) mass is 290 g/mol. The predicted molar refractivity (Wildman–Crippen MR) is 81.4 cm³/mol. The first-order chi connectivity index (χ1) is 9.54. The summed E-state index contributed by atoms with van der Waals surface area (Å²) in [5.74, 6) is -0.785. The molecule has 0 aliphatic rings. The van der Waals surface area contributed by atoms with Crippen LogP contribution in [0.1, 0.15) is 23.2 Å². The van der Waals surface area contributed by atoms with Crippen molar-refractivity contribution in [1.29, 1.82) is 0 Å². The minimum atomic E-state index is -0.785. The fraction of sp³-hybridized carbons (Fsp3) is 0.333. The van der Waals surface area contributed by atoms with Gasteiger partial charge in [0.15, 0.2) is 5.13 Å². The minimum Gasteiger partial charge on any atom is -0.481 e. The topological polar surface area (TPSA) is 53.4 Å². The first kappa shape index (κ1) is 14.5. The standard InChI is InChI=1S/C15H18N2O2S/c1-11-3-5-12(6-4-11)9-17(2)15-16-13(10-20-15)7-8-14(18)19/h3-6,10H,7-9H2,1-2H3,(H,18,19). The maximum Gasteiger partial charge on any atom is 0.303 e. The highest BCUT2D eigenvalue weighted by atomic mass is 32.1. The Hall–Kier alpha value is -1.88. The lowest BCUT2D eigenvalue weighted by molar-refractivity contribution is -0.136. The smallest absolute Gasteiger partial charge is 0.303 e. The number of carbonyl (C=O) groups is 1.